The molecule has 0 heterocycles. The van der Waals surface area contributed by atoms with Crippen LogP contribution in [0.4, 0.5) is 0 Å². The number of hydrogen-bond donors (Lipinski definition) is 0. The monoisotopic (exact) mass is 244 g/mol. The highest BCUT2D eigenvalue weighted by Crippen LogP contribution is 2.28. The number of amides is 1. The summed E-state index contributed by atoms with van der Waals surface area (Å²) in [4.78, 5) is 13.4. The molecular weight excluding hydrogens is 224 g/mol. The highest BCUT2D eigenvalue weighted by Gasteiger charge is 2.23. The van der Waals surface area contributed by atoms with Crippen molar-refractivity contribution in [3.8, 4) is 6.07 Å². The number of hydrogen-bond acceptors (Lipinski definition) is 2. The van der Waals surface area contributed by atoms with Crippen LogP contribution in [0, 0.1) is 24.2 Å². The Bertz CT molecular complexity index is 443. The van der Waals surface area contributed by atoms with Crippen molar-refractivity contribution in [2.45, 2.75) is 26.2 Å². The summed E-state index contributed by atoms with van der Waals surface area (Å²) in [5.41, 5.74) is 2.24. The molecule has 0 aliphatic heterocycles. The van der Waals surface area contributed by atoms with E-state index in [0.29, 0.717) is 6.42 Å². The average molecular weight is 244 g/mol. The molecule has 1 rings (SSSR count). The molecule has 1 amide bonds. The van der Waals surface area contributed by atoms with Gasteiger partial charge in [0.05, 0.1) is 12.0 Å². The van der Waals surface area contributed by atoms with Crippen molar-refractivity contribution in [2.24, 2.45) is 5.92 Å². The lowest BCUT2D eigenvalue weighted by molar-refractivity contribution is -0.129. The minimum absolute atomic E-state index is 0.0366. The zero-order valence-corrected chi connectivity index (χ0v) is 11.5. The number of aryl methyl sites for hydroxylation is 1. The van der Waals surface area contributed by atoms with Gasteiger partial charge in [-0.3, -0.25) is 4.79 Å². The smallest absolute Gasteiger partial charge is 0.222 e. The van der Waals surface area contributed by atoms with Crippen LogP contribution in [0.5, 0.6) is 0 Å². The molecule has 0 radical (unpaired) electrons. The summed E-state index contributed by atoms with van der Waals surface area (Å²) in [5, 5.41) is 9.10. The van der Waals surface area contributed by atoms with Gasteiger partial charge in [0.15, 0.2) is 0 Å². The van der Waals surface area contributed by atoms with Gasteiger partial charge in [0, 0.05) is 26.4 Å². The molecule has 1 aromatic rings. The van der Waals surface area contributed by atoms with E-state index in [1.165, 1.54) is 5.56 Å². The van der Waals surface area contributed by atoms with Gasteiger partial charge >= 0.3 is 0 Å². The van der Waals surface area contributed by atoms with Crippen molar-refractivity contribution in [3.05, 3.63) is 35.4 Å². The lowest BCUT2D eigenvalue weighted by Gasteiger charge is -2.21. The van der Waals surface area contributed by atoms with E-state index >= 15 is 0 Å². The van der Waals surface area contributed by atoms with Crippen molar-refractivity contribution >= 4 is 5.91 Å². The van der Waals surface area contributed by atoms with E-state index in [1.807, 2.05) is 38.1 Å². The van der Waals surface area contributed by atoms with Crippen LogP contribution < -0.4 is 0 Å². The lowest BCUT2D eigenvalue weighted by Crippen LogP contribution is -2.25. The summed E-state index contributed by atoms with van der Waals surface area (Å²) in [5.74, 6) is -0.148. The Hall–Kier alpha value is -1.82. The quantitative estimate of drug-likeness (QED) is 0.817. The third-order valence-corrected chi connectivity index (χ3v) is 3.21. The Kier molecular flexibility index (Phi) is 4.91. The fourth-order valence-electron chi connectivity index (χ4n) is 1.86. The molecule has 0 fully saturated rings. The Balaban J connectivity index is 2.96. The molecule has 0 aliphatic rings. The zero-order chi connectivity index (χ0) is 13.7. The van der Waals surface area contributed by atoms with E-state index in [9.17, 15) is 4.79 Å². The number of benzene rings is 1. The van der Waals surface area contributed by atoms with Crippen LogP contribution in [0.2, 0.25) is 0 Å². The van der Waals surface area contributed by atoms with Gasteiger partial charge in [0.25, 0.3) is 0 Å². The first-order chi connectivity index (χ1) is 8.45. The van der Waals surface area contributed by atoms with Crippen LogP contribution in [-0.2, 0) is 4.79 Å². The third-order valence-electron chi connectivity index (χ3n) is 3.21. The first-order valence-electron chi connectivity index (χ1n) is 6.12. The van der Waals surface area contributed by atoms with Gasteiger partial charge in [-0.15, -0.1) is 0 Å². The Morgan fingerprint density at radius 1 is 1.33 bits per heavy atom. The second-order valence-corrected chi connectivity index (χ2v) is 4.93. The maximum Gasteiger partial charge on any atom is 0.222 e. The normalized spacial score (nSPS) is 13.5. The molecule has 3 nitrogen and oxygen atoms in total. The fraction of sp³-hybridized carbons (Fsp3) is 0.467. The number of carbonyl (C=O) groups excluding carboxylic acids is 1. The van der Waals surface area contributed by atoms with Gasteiger partial charge < -0.3 is 4.90 Å². The van der Waals surface area contributed by atoms with Crippen molar-refractivity contribution in [1.29, 1.82) is 5.26 Å². The molecule has 0 bridgehead atoms. The molecule has 0 aliphatic carbocycles. The predicted octanol–water partition coefficient (Wildman–Crippen LogP) is 2.72. The van der Waals surface area contributed by atoms with E-state index in [0.717, 1.165) is 5.56 Å². The number of nitriles is 1. The highest BCUT2D eigenvalue weighted by molar-refractivity contribution is 5.76. The molecule has 0 unspecified atom stereocenters. The first-order valence-corrected chi connectivity index (χ1v) is 6.12. The molecule has 96 valence electrons. The number of carbonyl (C=O) groups is 1. The summed E-state index contributed by atoms with van der Waals surface area (Å²) in [6.07, 6.45) is 0.380. The van der Waals surface area contributed by atoms with Crippen LogP contribution in [0.25, 0.3) is 0 Å². The van der Waals surface area contributed by atoms with E-state index in [2.05, 4.69) is 6.07 Å². The van der Waals surface area contributed by atoms with Crippen LogP contribution in [0.1, 0.15) is 30.4 Å². The van der Waals surface area contributed by atoms with E-state index in [4.69, 9.17) is 5.26 Å². The van der Waals surface area contributed by atoms with Crippen LogP contribution in [0.3, 0.4) is 0 Å². The Labute approximate surface area is 109 Å². The van der Waals surface area contributed by atoms with Gasteiger partial charge in [0.2, 0.25) is 5.91 Å². The van der Waals surface area contributed by atoms with Gasteiger partial charge in [-0.1, -0.05) is 29.8 Å². The fourth-order valence-corrected chi connectivity index (χ4v) is 1.86. The second kappa shape index (κ2) is 6.20. The van der Waals surface area contributed by atoms with Gasteiger partial charge in [-0.2, -0.15) is 5.26 Å². The number of nitrogens with zero attached hydrogens (tertiary/aromatic N) is 2. The summed E-state index contributed by atoms with van der Waals surface area (Å²) in [6.45, 7) is 3.89. The highest BCUT2D eigenvalue weighted by atomic mass is 16.2. The maximum atomic E-state index is 11.8. The predicted molar refractivity (Wildman–Crippen MR) is 72.0 cm³/mol. The first kappa shape index (κ1) is 14.2. The minimum atomic E-state index is -0.170. The molecular formula is C15H20N2O. The standard InChI is InChI=1S/C15H20N2O/c1-11-5-7-13(8-6-11)14(12(2)10-16)9-15(18)17(3)4/h5-8,12,14H,9H2,1-4H3/t12-,14+/m1/s1. The molecule has 18 heavy (non-hydrogen) atoms. The summed E-state index contributed by atoms with van der Waals surface area (Å²) < 4.78 is 0. The van der Waals surface area contributed by atoms with Crippen molar-refractivity contribution in [3.63, 3.8) is 0 Å². The Morgan fingerprint density at radius 2 is 1.89 bits per heavy atom. The summed E-state index contributed by atoms with van der Waals surface area (Å²) in [7, 11) is 3.48. The molecule has 1 aromatic carbocycles. The summed E-state index contributed by atoms with van der Waals surface area (Å²) in [6, 6.07) is 10.3. The molecule has 0 saturated heterocycles. The van der Waals surface area contributed by atoms with Crippen LogP contribution in [-0.4, -0.2) is 24.9 Å². The lowest BCUT2D eigenvalue weighted by atomic mass is 9.85. The van der Waals surface area contributed by atoms with E-state index in [1.54, 1.807) is 19.0 Å². The van der Waals surface area contributed by atoms with Crippen molar-refractivity contribution in [2.75, 3.05) is 14.1 Å². The summed E-state index contributed by atoms with van der Waals surface area (Å²) >= 11 is 0. The maximum absolute atomic E-state index is 11.8. The van der Waals surface area contributed by atoms with Crippen LogP contribution in [0.15, 0.2) is 24.3 Å². The van der Waals surface area contributed by atoms with Gasteiger partial charge in [-0.25, -0.2) is 0 Å². The molecule has 0 saturated carbocycles. The van der Waals surface area contributed by atoms with Crippen molar-refractivity contribution < 1.29 is 4.79 Å². The Morgan fingerprint density at radius 3 is 2.33 bits per heavy atom. The third kappa shape index (κ3) is 3.59. The van der Waals surface area contributed by atoms with Gasteiger partial charge in [0.1, 0.15) is 0 Å². The molecule has 0 spiro atoms. The number of rotatable bonds is 4. The largest absolute Gasteiger partial charge is 0.349 e. The minimum Gasteiger partial charge on any atom is -0.349 e. The molecule has 0 aromatic heterocycles. The molecule has 0 N–H and O–H groups in total. The van der Waals surface area contributed by atoms with Crippen molar-refractivity contribution in [1.82, 2.24) is 4.90 Å². The zero-order valence-electron chi connectivity index (χ0n) is 11.5. The van der Waals surface area contributed by atoms with E-state index < -0.39 is 0 Å². The van der Waals surface area contributed by atoms with Gasteiger partial charge in [-0.05, 0) is 19.4 Å². The SMILES string of the molecule is Cc1ccc([C@@H](CC(=O)N(C)C)[C@H](C)C#N)cc1. The average Bonchev–Trinajstić information content (AvgIpc) is 2.35. The molecule has 3 heteroatoms. The van der Waals surface area contributed by atoms with Crippen LogP contribution >= 0.6 is 0 Å². The molecule has 2 atom stereocenters. The van der Waals surface area contributed by atoms with E-state index in [-0.39, 0.29) is 17.7 Å². The second-order valence-electron chi connectivity index (χ2n) is 4.93. The topological polar surface area (TPSA) is 44.1 Å².